The minimum atomic E-state index is -0.304. The maximum Gasteiger partial charge on any atom is 0.307 e. The number of aryl methyl sites for hydroxylation is 1. The maximum atomic E-state index is 12.4. The number of aromatic nitrogens is 3. The summed E-state index contributed by atoms with van der Waals surface area (Å²) in [6, 6.07) is 11.6. The largest absolute Gasteiger partial charge is 0.493 e. The van der Waals surface area contributed by atoms with E-state index in [1.54, 1.807) is 14.2 Å². The fraction of sp³-hybridized carbons (Fsp3) is 0.385. The Kier molecular flexibility index (Phi) is 7.84. The predicted molar refractivity (Wildman–Crippen MR) is 136 cm³/mol. The van der Waals surface area contributed by atoms with Crippen LogP contribution < -0.4 is 20.5 Å². The number of carbonyl (C=O) groups is 1. The lowest BCUT2D eigenvalue weighted by molar-refractivity contribution is -0.142. The molecule has 4 rings (SSSR count). The molecule has 190 valence electrons. The highest BCUT2D eigenvalue weighted by atomic mass is 16.5. The normalized spacial score (nSPS) is 15.2. The van der Waals surface area contributed by atoms with E-state index in [9.17, 15) is 4.79 Å². The molecular formula is C26H32N6O4. The van der Waals surface area contributed by atoms with E-state index in [1.165, 1.54) is 7.11 Å². The van der Waals surface area contributed by atoms with Gasteiger partial charge in [-0.3, -0.25) is 9.69 Å². The number of fused-ring (bicyclic) bond motifs is 1. The molecule has 0 fully saturated rings. The molecular weight excluding hydrogens is 460 g/mol. The van der Waals surface area contributed by atoms with Crippen molar-refractivity contribution >= 4 is 23.6 Å². The fourth-order valence-corrected chi connectivity index (χ4v) is 4.57. The van der Waals surface area contributed by atoms with E-state index in [1.807, 2.05) is 30.3 Å². The van der Waals surface area contributed by atoms with Crippen molar-refractivity contribution in [1.82, 2.24) is 19.9 Å². The average Bonchev–Trinajstić information content (AvgIpc) is 2.89. The van der Waals surface area contributed by atoms with Crippen LogP contribution in [0.5, 0.6) is 11.5 Å². The second-order valence-electron chi connectivity index (χ2n) is 8.49. The first kappa shape index (κ1) is 25.2. The molecule has 0 saturated carbocycles. The standard InChI is InChI=1S/C26H32N6O4/c1-5-16-8-6-7-9-19(16)28-26-30-23(29-25(27)31-26)15-32-11-10-17-12-21(34-2)22(35-3)13-18(17)20(32)14-24(33)36-4/h6-9,12-13,20H,5,10-11,14-15H2,1-4H3,(H3,27,28,29,30,31). The van der Waals surface area contributed by atoms with Crippen LogP contribution in [0.1, 0.15) is 41.9 Å². The number of nitrogens with two attached hydrogens (primary N) is 1. The average molecular weight is 493 g/mol. The molecule has 0 spiro atoms. The number of para-hydroxylation sites is 1. The predicted octanol–water partition coefficient (Wildman–Crippen LogP) is 3.44. The number of carbonyl (C=O) groups excluding carboxylic acids is 1. The molecule has 0 radical (unpaired) electrons. The van der Waals surface area contributed by atoms with E-state index in [0.717, 1.165) is 35.2 Å². The first-order valence-corrected chi connectivity index (χ1v) is 11.9. The number of anilines is 3. The van der Waals surface area contributed by atoms with Gasteiger partial charge < -0.3 is 25.3 Å². The van der Waals surface area contributed by atoms with E-state index in [-0.39, 0.29) is 24.4 Å². The van der Waals surface area contributed by atoms with Crippen LogP contribution in [0.25, 0.3) is 0 Å². The number of hydrogen-bond donors (Lipinski definition) is 2. The van der Waals surface area contributed by atoms with Gasteiger partial charge in [0, 0.05) is 18.3 Å². The number of rotatable bonds is 9. The molecule has 36 heavy (non-hydrogen) atoms. The lowest BCUT2D eigenvalue weighted by atomic mass is 9.90. The maximum absolute atomic E-state index is 12.4. The van der Waals surface area contributed by atoms with Crippen molar-refractivity contribution in [3.63, 3.8) is 0 Å². The topological polar surface area (TPSA) is 125 Å². The van der Waals surface area contributed by atoms with Crippen molar-refractivity contribution in [2.75, 3.05) is 38.9 Å². The molecule has 0 aliphatic carbocycles. The number of ether oxygens (including phenoxy) is 3. The number of nitrogens with zero attached hydrogens (tertiary/aromatic N) is 4. The number of hydrogen-bond acceptors (Lipinski definition) is 10. The van der Waals surface area contributed by atoms with Crippen LogP contribution in [0.15, 0.2) is 36.4 Å². The summed E-state index contributed by atoms with van der Waals surface area (Å²) in [6.45, 7) is 3.16. The highest BCUT2D eigenvalue weighted by Crippen LogP contribution is 2.40. The van der Waals surface area contributed by atoms with Gasteiger partial charge in [0.05, 0.1) is 34.3 Å². The Hall–Kier alpha value is -3.92. The minimum absolute atomic E-state index is 0.129. The molecule has 1 atom stereocenters. The van der Waals surface area contributed by atoms with Crippen molar-refractivity contribution in [2.24, 2.45) is 0 Å². The molecule has 10 nitrogen and oxygen atoms in total. The molecule has 3 N–H and O–H groups in total. The van der Waals surface area contributed by atoms with Crippen molar-refractivity contribution in [1.29, 1.82) is 0 Å². The Morgan fingerprint density at radius 3 is 2.58 bits per heavy atom. The van der Waals surface area contributed by atoms with Gasteiger partial charge in [0.1, 0.15) is 5.82 Å². The summed E-state index contributed by atoms with van der Waals surface area (Å²) >= 11 is 0. The lowest BCUT2D eigenvalue weighted by Crippen LogP contribution is -2.37. The zero-order valence-corrected chi connectivity index (χ0v) is 21.1. The summed E-state index contributed by atoms with van der Waals surface area (Å²) < 4.78 is 16.0. The minimum Gasteiger partial charge on any atom is -0.493 e. The molecule has 0 saturated heterocycles. The van der Waals surface area contributed by atoms with Crippen molar-refractivity contribution in [2.45, 2.75) is 38.8 Å². The second-order valence-corrected chi connectivity index (χ2v) is 8.49. The molecule has 2 heterocycles. The number of benzene rings is 2. The molecule has 1 aromatic heterocycles. The number of methoxy groups -OCH3 is 3. The van der Waals surface area contributed by atoms with Gasteiger partial charge >= 0.3 is 5.97 Å². The van der Waals surface area contributed by atoms with E-state index in [0.29, 0.717) is 36.4 Å². The molecule has 1 unspecified atom stereocenters. The van der Waals surface area contributed by atoms with E-state index >= 15 is 0 Å². The summed E-state index contributed by atoms with van der Waals surface area (Å²) in [5.74, 6) is 1.99. The van der Waals surface area contributed by atoms with Crippen LogP contribution in [0.2, 0.25) is 0 Å². The Morgan fingerprint density at radius 1 is 1.11 bits per heavy atom. The molecule has 0 bridgehead atoms. The van der Waals surface area contributed by atoms with E-state index < -0.39 is 0 Å². The van der Waals surface area contributed by atoms with Gasteiger partial charge in [0.25, 0.3) is 0 Å². The number of nitrogens with one attached hydrogen (secondary N) is 1. The van der Waals surface area contributed by atoms with Crippen LogP contribution in [-0.4, -0.2) is 53.7 Å². The zero-order chi connectivity index (χ0) is 25.7. The Morgan fingerprint density at radius 2 is 1.86 bits per heavy atom. The second kappa shape index (κ2) is 11.2. The molecule has 10 heteroatoms. The van der Waals surface area contributed by atoms with Crippen LogP contribution in [-0.2, 0) is 28.9 Å². The molecule has 3 aromatic rings. The Balaban J connectivity index is 1.64. The third-order valence-electron chi connectivity index (χ3n) is 6.39. The third kappa shape index (κ3) is 5.49. The number of esters is 1. The Bertz CT molecular complexity index is 1240. The highest BCUT2D eigenvalue weighted by Gasteiger charge is 2.32. The Labute approximate surface area is 210 Å². The lowest BCUT2D eigenvalue weighted by Gasteiger charge is -2.37. The van der Waals surface area contributed by atoms with Crippen LogP contribution in [0.4, 0.5) is 17.6 Å². The summed E-state index contributed by atoms with van der Waals surface area (Å²) in [7, 11) is 4.60. The third-order valence-corrected chi connectivity index (χ3v) is 6.39. The van der Waals surface area contributed by atoms with Gasteiger partial charge in [-0.1, -0.05) is 25.1 Å². The van der Waals surface area contributed by atoms with Gasteiger partial charge in [0.2, 0.25) is 11.9 Å². The van der Waals surface area contributed by atoms with Crippen molar-refractivity contribution in [3.05, 3.63) is 58.9 Å². The summed E-state index contributed by atoms with van der Waals surface area (Å²) in [5.41, 5.74) is 10.2. The molecule has 0 amide bonds. The monoisotopic (exact) mass is 492 g/mol. The first-order valence-electron chi connectivity index (χ1n) is 11.9. The fourth-order valence-electron chi connectivity index (χ4n) is 4.57. The molecule has 2 aromatic carbocycles. The quantitative estimate of drug-likeness (QED) is 0.429. The summed E-state index contributed by atoms with van der Waals surface area (Å²) in [4.78, 5) is 27.8. The first-order chi connectivity index (χ1) is 17.4. The SMILES string of the molecule is CCc1ccccc1Nc1nc(N)nc(CN2CCc3cc(OC)c(OC)cc3C2CC(=O)OC)n1. The number of nitrogen functional groups attached to an aromatic ring is 1. The van der Waals surface area contributed by atoms with Crippen LogP contribution in [0.3, 0.4) is 0 Å². The zero-order valence-electron chi connectivity index (χ0n) is 21.1. The smallest absolute Gasteiger partial charge is 0.307 e. The van der Waals surface area contributed by atoms with E-state index in [4.69, 9.17) is 19.9 Å². The van der Waals surface area contributed by atoms with Gasteiger partial charge in [-0.25, -0.2) is 0 Å². The van der Waals surface area contributed by atoms with Crippen LogP contribution in [0, 0.1) is 0 Å². The van der Waals surface area contributed by atoms with E-state index in [2.05, 4.69) is 38.2 Å². The molecule has 1 aliphatic rings. The van der Waals surface area contributed by atoms with Crippen LogP contribution >= 0.6 is 0 Å². The molecule has 1 aliphatic heterocycles. The van der Waals surface area contributed by atoms with Crippen molar-refractivity contribution < 1.29 is 19.0 Å². The summed E-state index contributed by atoms with van der Waals surface area (Å²) in [6.07, 6.45) is 1.81. The summed E-state index contributed by atoms with van der Waals surface area (Å²) in [5, 5.41) is 3.27. The van der Waals surface area contributed by atoms with Crippen molar-refractivity contribution in [3.8, 4) is 11.5 Å². The van der Waals surface area contributed by atoms with Gasteiger partial charge in [-0.15, -0.1) is 0 Å². The highest BCUT2D eigenvalue weighted by molar-refractivity contribution is 5.70. The van der Waals surface area contributed by atoms with Gasteiger partial charge in [0.15, 0.2) is 11.5 Å². The van der Waals surface area contributed by atoms with Gasteiger partial charge in [-0.05, 0) is 47.7 Å². The van der Waals surface area contributed by atoms with Gasteiger partial charge in [-0.2, -0.15) is 15.0 Å².